The first-order valence-electron chi connectivity index (χ1n) is 43.7. The standard InChI is InChI=1S/C39H19F3N6.C38H19F4N5.C38H21F2N5/c40-35-29(20-43)36(41)33(37(42)30(35)21-44)23-13-11-22(12-14-23)25-15-16-27-32(19-25)45-38(24-7-3-1-4-8-24)28-17-18-31-39(34(27)28)47-48(46-31)26-9-5-2-6-10-26;39-33-28(20-43)34(40)36(42)31(35(33)41)22-13-11-21(12-14-22)24-15-16-26-30(19-24)44-37(23-7-3-1-4-8-23)27-17-18-29-38(32(26)27)46-47(45-29)25-9-5-2-6-10-25;39-31-19-23(22-41)20-32(40)35(31)25-13-11-24(12-14-25)27-15-16-29-34(21-27)42-37(26-7-3-1-4-8-26)30-17-18-33-38(36(29)30)44-45(43-33)28-9-5-2-6-10-28/h1-19H;1-19H;1-21H. The van der Waals surface area contributed by atoms with E-state index in [0.717, 1.165) is 178 Å². The number of halogens is 9. The predicted octanol–water partition coefficient (Wildman–Crippen LogP) is 28.1. The second kappa shape index (κ2) is 35.5. The van der Waals surface area contributed by atoms with Gasteiger partial charge in [0.1, 0.15) is 79.6 Å². The molecule has 25 heteroatoms. The van der Waals surface area contributed by atoms with Crippen molar-refractivity contribution in [3.63, 3.8) is 0 Å². The molecule has 6 heterocycles. The Morgan fingerprint density at radius 2 is 0.457 bits per heavy atom. The van der Waals surface area contributed by atoms with E-state index in [4.69, 9.17) is 56.1 Å². The lowest BCUT2D eigenvalue weighted by atomic mass is 9.94. The van der Waals surface area contributed by atoms with Crippen LogP contribution in [0.4, 0.5) is 39.5 Å². The first kappa shape index (κ1) is 85.9. The van der Waals surface area contributed by atoms with E-state index in [1.807, 2.05) is 279 Å². The van der Waals surface area contributed by atoms with E-state index in [0.29, 0.717) is 22.2 Å². The molecule has 24 aromatic rings. The summed E-state index contributed by atoms with van der Waals surface area (Å²) in [6.45, 7) is 0. The predicted molar refractivity (Wildman–Crippen MR) is 522 cm³/mol. The first-order chi connectivity index (χ1) is 68.5. The zero-order valence-electron chi connectivity index (χ0n) is 72.6. The second-order valence-corrected chi connectivity index (χ2v) is 32.8. The maximum atomic E-state index is 15.1. The molecule has 0 unspecified atom stereocenters. The van der Waals surface area contributed by atoms with Gasteiger partial charge in [0.15, 0.2) is 40.7 Å². The van der Waals surface area contributed by atoms with Crippen molar-refractivity contribution < 1.29 is 39.5 Å². The van der Waals surface area contributed by atoms with E-state index in [2.05, 4.69) is 6.07 Å². The highest BCUT2D eigenvalue weighted by Gasteiger charge is 2.30. The van der Waals surface area contributed by atoms with Crippen molar-refractivity contribution in [3.8, 4) is 142 Å². The molecular formula is C115H59F9N16. The molecule has 0 bridgehead atoms. The Morgan fingerprint density at radius 3 is 0.750 bits per heavy atom. The fourth-order valence-corrected chi connectivity index (χ4v) is 17.9. The number of rotatable bonds is 12. The van der Waals surface area contributed by atoms with Gasteiger partial charge in [0.2, 0.25) is 0 Å². The molecule has 140 heavy (non-hydrogen) atoms. The summed E-state index contributed by atoms with van der Waals surface area (Å²) in [6, 6.07) is 116. The molecule has 0 radical (unpaired) electrons. The van der Waals surface area contributed by atoms with Gasteiger partial charge < -0.3 is 0 Å². The van der Waals surface area contributed by atoms with Crippen LogP contribution in [0.25, 0.3) is 216 Å². The van der Waals surface area contributed by atoms with Gasteiger partial charge in [-0.2, -0.15) is 35.4 Å². The molecule has 0 N–H and O–H groups in total. The number of aromatic nitrogens is 12. The molecule has 0 saturated heterocycles. The summed E-state index contributed by atoms with van der Waals surface area (Å²) in [5.74, 6) is -12.5. The topological polar surface area (TPSA) is 226 Å². The minimum atomic E-state index is -1.73. The number of hydrogen-bond acceptors (Lipinski definition) is 13. The molecule has 0 aliphatic rings. The van der Waals surface area contributed by atoms with Crippen LogP contribution in [0.1, 0.15) is 22.3 Å². The Kier molecular flexibility index (Phi) is 21.8. The Labute approximate surface area is 788 Å². The minimum Gasteiger partial charge on any atom is -0.247 e. The summed E-state index contributed by atoms with van der Waals surface area (Å²) >= 11 is 0. The summed E-state index contributed by atoms with van der Waals surface area (Å²) in [6.07, 6.45) is 0. The van der Waals surface area contributed by atoms with Crippen LogP contribution in [-0.2, 0) is 0 Å². The Balaban J connectivity index is 0.000000121. The number of hydrogen-bond donors (Lipinski definition) is 0. The van der Waals surface area contributed by atoms with Gasteiger partial charge in [0.25, 0.3) is 0 Å². The van der Waals surface area contributed by atoms with Gasteiger partial charge in [-0.15, -0.1) is 30.6 Å². The highest BCUT2D eigenvalue weighted by Crippen LogP contribution is 2.45. The maximum absolute atomic E-state index is 15.1. The Morgan fingerprint density at radius 1 is 0.200 bits per heavy atom. The fourth-order valence-electron chi connectivity index (χ4n) is 17.9. The molecule has 0 fully saturated rings. The summed E-state index contributed by atoms with van der Waals surface area (Å²) in [4.78, 5) is 20.3. The number of pyridine rings is 3. The van der Waals surface area contributed by atoms with Gasteiger partial charge in [0, 0.05) is 65.2 Å². The third-order valence-electron chi connectivity index (χ3n) is 24.6. The summed E-state index contributed by atoms with van der Waals surface area (Å²) < 4.78 is 132. The van der Waals surface area contributed by atoms with E-state index in [9.17, 15) is 41.3 Å². The van der Waals surface area contributed by atoms with Crippen LogP contribution in [-0.4, -0.2) is 59.9 Å². The van der Waals surface area contributed by atoms with Crippen LogP contribution in [0, 0.1) is 97.7 Å². The molecular weight excluding hydrogens is 1780 g/mol. The lowest BCUT2D eigenvalue weighted by molar-refractivity contribution is 0.454. The van der Waals surface area contributed by atoms with E-state index in [1.54, 1.807) is 56.9 Å². The quantitative estimate of drug-likeness (QED) is 0.0631. The number of benzene rings is 18. The number of fused-ring (bicyclic) bond motifs is 15. The smallest absolute Gasteiger partial charge is 0.180 e. The van der Waals surface area contributed by atoms with Crippen molar-refractivity contribution in [1.82, 2.24) is 59.9 Å². The van der Waals surface area contributed by atoms with Gasteiger partial charge >= 0.3 is 0 Å². The Hall–Kier alpha value is -19.5. The van der Waals surface area contributed by atoms with Crippen LogP contribution < -0.4 is 0 Å². The van der Waals surface area contributed by atoms with Crippen LogP contribution in [0.3, 0.4) is 0 Å². The van der Waals surface area contributed by atoms with Crippen LogP contribution >= 0.6 is 0 Å². The number of para-hydroxylation sites is 3. The van der Waals surface area contributed by atoms with E-state index in [1.165, 1.54) is 42.5 Å². The third kappa shape index (κ3) is 15.2. The van der Waals surface area contributed by atoms with Gasteiger partial charge in [-0.3, -0.25) is 0 Å². The molecule has 0 aliphatic carbocycles. The van der Waals surface area contributed by atoms with Crippen LogP contribution in [0.5, 0.6) is 0 Å². The summed E-state index contributed by atoms with van der Waals surface area (Å²) in [7, 11) is 0. The van der Waals surface area contributed by atoms with Crippen molar-refractivity contribution in [1.29, 1.82) is 21.0 Å². The molecule has 0 spiro atoms. The van der Waals surface area contributed by atoms with Gasteiger partial charge in [-0.05, 0) is 153 Å². The van der Waals surface area contributed by atoms with Gasteiger partial charge in [0.05, 0.1) is 79.0 Å². The molecule has 16 nitrogen and oxygen atoms in total. The third-order valence-corrected chi connectivity index (χ3v) is 24.6. The largest absolute Gasteiger partial charge is 0.247 e. The second-order valence-electron chi connectivity index (χ2n) is 32.8. The number of nitrogens with zero attached hydrogens (tertiary/aromatic N) is 16. The SMILES string of the molecule is N#Cc1c(F)c(C#N)c(F)c(-c2ccc(-c3ccc4c(c3)nc(-c3ccccc3)c3ccc5nn(-c6ccccc6)nc5c34)cc2)c1F.N#Cc1c(F)c(F)c(-c2ccc(-c3ccc4c(c3)nc(-c3ccccc3)c3ccc5nn(-c6ccccc6)nc5c34)cc2)c(F)c1F.N#Cc1cc(F)c(-c2ccc(-c3ccc4c(c3)nc(-c3ccccc3)c3ccc5nn(-c6ccccc6)nc5c34)cc2)c(F)c1. The molecule has 24 rings (SSSR count). The Bertz CT molecular complexity index is 9290. The monoisotopic (exact) mass is 1830 g/mol. The first-order valence-corrected chi connectivity index (χ1v) is 43.7. The lowest BCUT2D eigenvalue weighted by Gasteiger charge is -2.13. The molecule has 0 atom stereocenters. The molecule has 6 aromatic heterocycles. The minimum absolute atomic E-state index is 0.0573. The van der Waals surface area contributed by atoms with Crippen LogP contribution in [0.2, 0.25) is 0 Å². The summed E-state index contributed by atoms with van der Waals surface area (Å²) in [5.41, 5.74) is 14.5. The average Bonchev–Trinajstić information content (AvgIpc) is 1.48. The van der Waals surface area contributed by atoms with Gasteiger partial charge in [-0.1, -0.05) is 255 Å². The van der Waals surface area contributed by atoms with E-state index >= 15 is 8.78 Å². The van der Waals surface area contributed by atoms with Crippen molar-refractivity contribution in [2.75, 3.05) is 0 Å². The van der Waals surface area contributed by atoms with E-state index < -0.39 is 80.2 Å². The van der Waals surface area contributed by atoms with E-state index in [-0.39, 0.29) is 22.3 Å². The van der Waals surface area contributed by atoms with Crippen molar-refractivity contribution in [2.24, 2.45) is 0 Å². The average molecular weight is 1840 g/mol. The molecule has 0 saturated carbocycles. The van der Waals surface area contributed by atoms with Gasteiger partial charge in [-0.25, -0.2) is 54.5 Å². The zero-order valence-corrected chi connectivity index (χ0v) is 72.6. The maximum Gasteiger partial charge on any atom is 0.180 e. The number of nitriles is 4. The highest BCUT2D eigenvalue weighted by molar-refractivity contribution is 6.24. The molecule has 0 aliphatic heterocycles. The van der Waals surface area contributed by atoms with Crippen molar-refractivity contribution in [3.05, 3.63) is 433 Å². The lowest BCUT2D eigenvalue weighted by Crippen LogP contribution is -2.03. The summed E-state index contributed by atoms with van der Waals surface area (Å²) in [5, 5.41) is 73.7. The normalized spacial score (nSPS) is 11.3. The molecule has 662 valence electrons. The molecule has 18 aromatic carbocycles. The zero-order chi connectivity index (χ0) is 95.7. The fraction of sp³-hybridized carbons (Fsp3) is 0. The van der Waals surface area contributed by atoms with Crippen molar-refractivity contribution in [2.45, 2.75) is 0 Å². The van der Waals surface area contributed by atoms with Crippen LogP contribution in [0.15, 0.2) is 358 Å². The van der Waals surface area contributed by atoms with Crippen molar-refractivity contribution >= 4 is 98.1 Å². The molecule has 0 amide bonds. The highest BCUT2D eigenvalue weighted by atomic mass is 19.2.